The molecule has 4 heterocycles. The maximum absolute atomic E-state index is 13.3. The Labute approximate surface area is 237 Å². The molecule has 3 aromatic heterocycles. The number of amides is 1. The summed E-state index contributed by atoms with van der Waals surface area (Å²) in [6, 6.07) is 12.0. The van der Waals surface area contributed by atoms with Crippen LogP contribution < -0.4 is 5.73 Å². The van der Waals surface area contributed by atoms with Crippen LogP contribution in [-0.2, 0) is 26.6 Å². The molecule has 0 saturated heterocycles. The molecule has 1 aliphatic carbocycles. The number of rotatable bonds is 9. The highest BCUT2D eigenvalue weighted by atomic mass is 19.1. The molecule has 9 heteroatoms. The molecule has 1 unspecified atom stereocenters. The molecule has 2 aromatic carbocycles. The number of nitrogens with zero attached hydrogens (tertiary/aromatic N) is 6. The van der Waals surface area contributed by atoms with Gasteiger partial charge in [-0.15, -0.1) is 0 Å². The van der Waals surface area contributed by atoms with Crippen LogP contribution in [0.15, 0.2) is 61.2 Å². The highest BCUT2D eigenvalue weighted by Gasteiger charge is 2.29. The number of imidazole rings is 2. The molecule has 41 heavy (non-hydrogen) atoms. The Morgan fingerprint density at radius 1 is 1.22 bits per heavy atom. The molecule has 0 spiro atoms. The predicted octanol–water partition coefficient (Wildman–Crippen LogP) is 4.81. The predicted molar refractivity (Wildman–Crippen MR) is 159 cm³/mol. The second kappa shape index (κ2) is 10.3. The first-order valence-electron chi connectivity index (χ1n) is 14.3. The lowest BCUT2D eigenvalue weighted by Crippen LogP contribution is -2.45. The molecule has 210 valence electrons. The number of benzene rings is 2. The lowest BCUT2D eigenvalue weighted by Gasteiger charge is -2.30. The highest BCUT2D eigenvalue weighted by Crippen LogP contribution is 2.38. The number of halogens is 1. The Kier molecular flexibility index (Phi) is 6.46. The standard InChI is InChI=1S/C32H34FN7O/c1-37-28-14-23-9-12-39(19-25(34)17-33)32(41)26(23)16-27(28)36-31(37)29-15-24-5-2-4-22(6-3-11-38-13-10-35-20-38)30(24)40(29)18-21-7-8-21/h2-6,10,13-16,20-21,25H,7-9,11-12,17-19,34H2,1H3/b6-3+. The summed E-state index contributed by atoms with van der Waals surface area (Å²) < 4.78 is 19.7. The summed E-state index contributed by atoms with van der Waals surface area (Å²) >= 11 is 0. The average Bonchev–Trinajstić information content (AvgIpc) is 3.35. The number of alkyl halides is 1. The molecule has 1 saturated carbocycles. The van der Waals surface area contributed by atoms with E-state index in [4.69, 9.17) is 10.7 Å². The molecule has 1 amide bonds. The quantitative estimate of drug-likeness (QED) is 0.285. The molecule has 5 aromatic rings. The van der Waals surface area contributed by atoms with Crippen molar-refractivity contribution in [1.82, 2.24) is 28.6 Å². The topological polar surface area (TPSA) is 86.9 Å². The van der Waals surface area contributed by atoms with Gasteiger partial charge in [0, 0.05) is 56.6 Å². The van der Waals surface area contributed by atoms with Gasteiger partial charge in [-0.2, -0.15) is 0 Å². The maximum Gasteiger partial charge on any atom is 0.254 e. The third-order valence-electron chi connectivity index (χ3n) is 8.42. The maximum atomic E-state index is 13.3. The molecule has 8 nitrogen and oxygen atoms in total. The van der Waals surface area contributed by atoms with E-state index in [2.05, 4.69) is 63.6 Å². The van der Waals surface area contributed by atoms with Crippen LogP contribution in [0.5, 0.6) is 0 Å². The minimum Gasteiger partial charge on any atom is -0.337 e. The zero-order chi connectivity index (χ0) is 28.1. The Morgan fingerprint density at radius 2 is 2.10 bits per heavy atom. The third-order valence-corrected chi connectivity index (χ3v) is 8.42. The van der Waals surface area contributed by atoms with Gasteiger partial charge < -0.3 is 24.3 Å². The molecule has 0 bridgehead atoms. The lowest BCUT2D eigenvalue weighted by molar-refractivity contribution is 0.0725. The normalized spacial score (nSPS) is 16.4. The number of allylic oxidation sites excluding steroid dienone is 1. The van der Waals surface area contributed by atoms with Crippen molar-refractivity contribution in [2.45, 2.75) is 38.4 Å². The molecule has 2 N–H and O–H groups in total. The Hall–Kier alpha value is -4.24. The summed E-state index contributed by atoms with van der Waals surface area (Å²) in [6.45, 7) is 1.84. The van der Waals surface area contributed by atoms with Crippen molar-refractivity contribution in [3.63, 3.8) is 0 Å². The van der Waals surface area contributed by atoms with Crippen molar-refractivity contribution in [2.75, 3.05) is 19.8 Å². The van der Waals surface area contributed by atoms with Crippen molar-refractivity contribution in [2.24, 2.45) is 18.7 Å². The van der Waals surface area contributed by atoms with E-state index >= 15 is 0 Å². The Morgan fingerprint density at radius 3 is 2.88 bits per heavy atom. The molecular formula is C32H34FN7O. The van der Waals surface area contributed by atoms with Crippen molar-refractivity contribution in [3.05, 3.63) is 77.9 Å². The third kappa shape index (κ3) is 4.74. The SMILES string of the molecule is Cn1c(-c2cc3cccc(/C=C/Cn4ccnc4)c3n2CC2CC2)nc2cc3c(cc21)CCN(CC(N)CF)C3=O. The second-order valence-electron chi connectivity index (χ2n) is 11.4. The zero-order valence-electron chi connectivity index (χ0n) is 23.2. The van der Waals surface area contributed by atoms with Gasteiger partial charge >= 0.3 is 0 Å². The summed E-state index contributed by atoms with van der Waals surface area (Å²) in [7, 11) is 2.05. The van der Waals surface area contributed by atoms with Crippen molar-refractivity contribution < 1.29 is 9.18 Å². The first-order chi connectivity index (χ1) is 20.0. The van der Waals surface area contributed by atoms with Gasteiger partial charge in [-0.25, -0.2) is 14.4 Å². The Bertz CT molecular complexity index is 1780. The van der Waals surface area contributed by atoms with Gasteiger partial charge in [0.05, 0.1) is 34.6 Å². The van der Waals surface area contributed by atoms with Crippen molar-refractivity contribution in [3.8, 4) is 11.5 Å². The van der Waals surface area contributed by atoms with Crippen molar-refractivity contribution >= 4 is 33.9 Å². The number of para-hydroxylation sites is 1. The Balaban J connectivity index is 1.30. The van der Waals surface area contributed by atoms with Gasteiger partial charge in [0.25, 0.3) is 5.91 Å². The van der Waals surface area contributed by atoms with E-state index in [1.54, 1.807) is 11.1 Å². The number of fused-ring (bicyclic) bond motifs is 3. The molecule has 1 fully saturated rings. The summed E-state index contributed by atoms with van der Waals surface area (Å²) in [6.07, 6.45) is 13.2. The summed E-state index contributed by atoms with van der Waals surface area (Å²) in [5.74, 6) is 1.46. The number of carbonyl (C=O) groups is 1. The van der Waals surface area contributed by atoms with Crippen LogP contribution in [0.25, 0.3) is 39.5 Å². The zero-order valence-corrected chi connectivity index (χ0v) is 23.2. The molecule has 7 rings (SSSR count). The minimum absolute atomic E-state index is 0.0979. The van der Waals surface area contributed by atoms with Gasteiger partial charge in [0.15, 0.2) is 5.82 Å². The summed E-state index contributed by atoms with van der Waals surface area (Å²) in [5.41, 5.74) is 12.7. The van der Waals surface area contributed by atoms with E-state index in [0.29, 0.717) is 24.4 Å². The monoisotopic (exact) mass is 551 g/mol. The number of hydrogen-bond acceptors (Lipinski definition) is 4. The van der Waals surface area contributed by atoms with Crippen LogP contribution in [0.2, 0.25) is 0 Å². The van der Waals surface area contributed by atoms with Crippen LogP contribution in [0.3, 0.4) is 0 Å². The average molecular weight is 552 g/mol. The first-order valence-corrected chi connectivity index (χ1v) is 14.3. The van der Waals surface area contributed by atoms with E-state index < -0.39 is 12.7 Å². The van der Waals surface area contributed by atoms with E-state index in [1.165, 1.54) is 29.3 Å². The first kappa shape index (κ1) is 25.7. The van der Waals surface area contributed by atoms with Gasteiger partial charge in [0.1, 0.15) is 6.67 Å². The smallest absolute Gasteiger partial charge is 0.254 e. The van der Waals surface area contributed by atoms with Gasteiger partial charge in [-0.05, 0) is 54.5 Å². The van der Waals surface area contributed by atoms with Crippen LogP contribution in [-0.4, -0.2) is 60.3 Å². The van der Waals surface area contributed by atoms with E-state index in [-0.39, 0.29) is 12.5 Å². The summed E-state index contributed by atoms with van der Waals surface area (Å²) in [5, 5.41) is 1.19. The minimum atomic E-state index is -0.662. The molecule has 2 aliphatic rings. The fraction of sp³-hybridized carbons (Fsp3) is 0.344. The van der Waals surface area contributed by atoms with Crippen LogP contribution >= 0.6 is 0 Å². The second-order valence-corrected chi connectivity index (χ2v) is 11.4. The highest BCUT2D eigenvalue weighted by molar-refractivity contribution is 6.01. The lowest BCUT2D eigenvalue weighted by atomic mass is 9.97. The molecule has 1 aliphatic heterocycles. The molecular weight excluding hydrogens is 517 g/mol. The number of carbonyl (C=O) groups excluding carboxylic acids is 1. The van der Waals surface area contributed by atoms with E-state index in [0.717, 1.165) is 41.2 Å². The van der Waals surface area contributed by atoms with E-state index in [9.17, 15) is 9.18 Å². The summed E-state index contributed by atoms with van der Waals surface area (Å²) in [4.78, 5) is 24.2. The van der Waals surface area contributed by atoms with Crippen molar-refractivity contribution in [1.29, 1.82) is 0 Å². The number of aromatic nitrogens is 5. The number of nitrogens with two attached hydrogens (primary N) is 1. The largest absolute Gasteiger partial charge is 0.337 e. The number of hydrogen-bond donors (Lipinski definition) is 1. The molecule has 1 atom stereocenters. The fourth-order valence-electron chi connectivity index (χ4n) is 6.07. The fourth-order valence-corrected chi connectivity index (χ4v) is 6.07. The van der Waals surface area contributed by atoms with E-state index in [1.807, 2.05) is 23.2 Å². The van der Waals surface area contributed by atoms with Crippen LogP contribution in [0.1, 0.15) is 34.3 Å². The number of aryl methyl sites for hydroxylation is 1. The van der Waals surface area contributed by atoms with Gasteiger partial charge in [0.2, 0.25) is 0 Å². The van der Waals surface area contributed by atoms with Gasteiger partial charge in [-0.3, -0.25) is 4.79 Å². The molecule has 0 radical (unpaired) electrons. The van der Waals surface area contributed by atoms with Crippen LogP contribution in [0.4, 0.5) is 4.39 Å². The van der Waals surface area contributed by atoms with Gasteiger partial charge in [-0.1, -0.05) is 30.4 Å². The van der Waals surface area contributed by atoms with Crippen LogP contribution in [0, 0.1) is 5.92 Å².